The van der Waals surface area contributed by atoms with E-state index < -0.39 is 5.60 Å². The molecule has 4 heteroatoms. The zero-order chi connectivity index (χ0) is 12.3. The Kier molecular flexibility index (Phi) is 3.41. The zero-order valence-corrected chi connectivity index (χ0v) is 10.1. The first kappa shape index (κ1) is 12.0. The van der Waals surface area contributed by atoms with E-state index in [4.69, 9.17) is 5.26 Å². The summed E-state index contributed by atoms with van der Waals surface area (Å²) in [6.07, 6.45) is 3.54. The smallest absolute Gasteiger partial charge is 0.140 e. The summed E-state index contributed by atoms with van der Waals surface area (Å²) in [6, 6.07) is 5.75. The molecule has 0 spiro atoms. The van der Waals surface area contributed by atoms with Crippen LogP contribution < -0.4 is 0 Å². The van der Waals surface area contributed by atoms with Crippen molar-refractivity contribution in [3.63, 3.8) is 0 Å². The fourth-order valence-electron chi connectivity index (χ4n) is 2.41. The average Bonchev–Trinajstić information content (AvgIpc) is 2.28. The fourth-order valence-corrected chi connectivity index (χ4v) is 2.41. The van der Waals surface area contributed by atoms with E-state index in [1.165, 1.54) is 0 Å². The number of β-amino-alcohol motifs (C(OH)–C–C–N with tert-alkyl or cyclic N) is 1. The summed E-state index contributed by atoms with van der Waals surface area (Å²) in [7, 11) is 0. The molecule has 0 unspecified atom stereocenters. The van der Waals surface area contributed by atoms with E-state index in [1.54, 1.807) is 12.3 Å². The van der Waals surface area contributed by atoms with E-state index in [-0.39, 0.29) is 0 Å². The van der Waals surface area contributed by atoms with Gasteiger partial charge in [-0.2, -0.15) is 5.26 Å². The van der Waals surface area contributed by atoms with Crippen molar-refractivity contribution >= 4 is 0 Å². The summed E-state index contributed by atoms with van der Waals surface area (Å²) in [4.78, 5) is 6.12. The number of likely N-dealkylation sites (tertiary alicyclic amines) is 1. The molecule has 2 heterocycles. The largest absolute Gasteiger partial charge is 0.387 e. The van der Waals surface area contributed by atoms with Crippen molar-refractivity contribution in [1.82, 2.24) is 9.88 Å². The number of nitriles is 1. The van der Waals surface area contributed by atoms with Crippen molar-refractivity contribution in [2.24, 2.45) is 0 Å². The summed E-state index contributed by atoms with van der Waals surface area (Å²) >= 11 is 0. The molecule has 2 rings (SSSR count). The molecule has 0 aliphatic carbocycles. The van der Waals surface area contributed by atoms with E-state index in [9.17, 15) is 5.11 Å². The maximum absolute atomic E-state index is 10.1. The minimum absolute atomic E-state index is 0.451. The lowest BCUT2D eigenvalue weighted by Gasteiger charge is -2.46. The van der Waals surface area contributed by atoms with Crippen LogP contribution in [-0.4, -0.2) is 33.7 Å². The van der Waals surface area contributed by atoms with Crippen molar-refractivity contribution in [1.29, 1.82) is 5.26 Å². The number of aliphatic hydroxyl groups is 1. The van der Waals surface area contributed by atoms with E-state index in [2.05, 4.69) is 16.8 Å². The van der Waals surface area contributed by atoms with Crippen LogP contribution in [0.3, 0.4) is 0 Å². The van der Waals surface area contributed by atoms with Gasteiger partial charge >= 0.3 is 0 Å². The number of hydrogen-bond donors (Lipinski definition) is 1. The molecular weight excluding hydrogens is 214 g/mol. The van der Waals surface area contributed by atoms with Crippen LogP contribution in [-0.2, 0) is 6.54 Å². The molecule has 0 bridgehead atoms. The van der Waals surface area contributed by atoms with E-state index >= 15 is 0 Å². The highest BCUT2D eigenvalue weighted by Crippen LogP contribution is 2.27. The molecule has 90 valence electrons. The number of hydrogen-bond acceptors (Lipinski definition) is 4. The van der Waals surface area contributed by atoms with Gasteiger partial charge in [-0.05, 0) is 24.1 Å². The highest BCUT2D eigenvalue weighted by atomic mass is 16.3. The van der Waals surface area contributed by atoms with Crippen LogP contribution >= 0.6 is 0 Å². The SMILES string of the molecule is CCCC1(O)CN(Cc2ccnc(C#N)c2)C1. The third-order valence-corrected chi connectivity index (χ3v) is 3.10. The highest BCUT2D eigenvalue weighted by molar-refractivity contribution is 5.25. The van der Waals surface area contributed by atoms with Crippen molar-refractivity contribution in [3.05, 3.63) is 29.6 Å². The number of aromatic nitrogens is 1. The van der Waals surface area contributed by atoms with Gasteiger partial charge in [0.25, 0.3) is 0 Å². The topological polar surface area (TPSA) is 60.1 Å². The lowest BCUT2D eigenvalue weighted by atomic mass is 9.89. The van der Waals surface area contributed by atoms with Gasteiger partial charge < -0.3 is 5.11 Å². The molecule has 0 saturated carbocycles. The number of nitrogens with zero attached hydrogens (tertiary/aromatic N) is 3. The number of rotatable bonds is 4. The molecule has 0 atom stereocenters. The van der Waals surface area contributed by atoms with Gasteiger partial charge in [-0.3, -0.25) is 4.90 Å². The summed E-state index contributed by atoms with van der Waals surface area (Å²) in [6.45, 7) is 4.32. The second-order valence-corrected chi connectivity index (χ2v) is 4.78. The molecule has 0 aromatic carbocycles. The molecule has 1 aliphatic rings. The van der Waals surface area contributed by atoms with Crippen LogP contribution in [0.5, 0.6) is 0 Å². The first-order valence-electron chi connectivity index (χ1n) is 5.95. The Bertz CT molecular complexity index is 433. The van der Waals surface area contributed by atoms with Gasteiger partial charge in [0.05, 0.1) is 5.60 Å². The molecule has 1 saturated heterocycles. The Hall–Kier alpha value is -1.44. The standard InChI is InChI=1S/C13H17N3O/c1-2-4-13(17)9-16(10-13)8-11-3-5-15-12(6-11)7-14/h3,5-6,17H,2,4,8-10H2,1H3. The van der Waals surface area contributed by atoms with Crippen molar-refractivity contribution in [2.45, 2.75) is 31.9 Å². The molecule has 1 aromatic rings. The lowest BCUT2D eigenvalue weighted by molar-refractivity contribution is -0.106. The Morgan fingerprint density at radius 2 is 2.35 bits per heavy atom. The predicted octanol–water partition coefficient (Wildman–Crippen LogP) is 1.30. The van der Waals surface area contributed by atoms with Crippen molar-refractivity contribution in [2.75, 3.05) is 13.1 Å². The number of pyridine rings is 1. The molecule has 1 aromatic heterocycles. The third-order valence-electron chi connectivity index (χ3n) is 3.10. The van der Waals surface area contributed by atoms with E-state index in [0.717, 1.165) is 38.0 Å². The molecule has 17 heavy (non-hydrogen) atoms. The summed E-state index contributed by atoms with van der Waals surface area (Å²) in [5, 5.41) is 18.8. The Morgan fingerprint density at radius 3 is 3.00 bits per heavy atom. The average molecular weight is 231 g/mol. The molecule has 1 N–H and O–H groups in total. The highest BCUT2D eigenvalue weighted by Gasteiger charge is 2.39. The minimum Gasteiger partial charge on any atom is -0.387 e. The molecule has 4 nitrogen and oxygen atoms in total. The Morgan fingerprint density at radius 1 is 1.59 bits per heavy atom. The molecule has 1 aliphatic heterocycles. The van der Waals surface area contributed by atoms with Crippen molar-refractivity contribution < 1.29 is 5.11 Å². The second-order valence-electron chi connectivity index (χ2n) is 4.78. The van der Waals surface area contributed by atoms with Gasteiger partial charge in [-0.25, -0.2) is 4.98 Å². The predicted molar refractivity (Wildman–Crippen MR) is 64.1 cm³/mol. The molecule has 1 fully saturated rings. The van der Waals surface area contributed by atoms with E-state index in [0.29, 0.717) is 5.69 Å². The van der Waals surface area contributed by atoms with Crippen LogP contribution in [0.2, 0.25) is 0 Å². The summed E-state index contributed by atoms with van der Waals surface area (Å²) in [5.74, 6) is 0. The van der Waals surface area contributed by atoms with Gasteiger partial charge in [-0.1, -0.05) is 13.3 Å². The van der Waals surface area contributed by atoms with E-state index in [1.807, 2.05) is 12.1 Å². The summed E-state index contributed by atoms with van der Waals surface area (Å²) in [5.41, 5.74) is 1.04. The van der Waals surface area contributed by atoms with Gasteiger partial charge in [0.15, 0.2) is 0 Å². The Labute approximate surface area is 102 Å². The van der Waals surface area contributed by atoms with Crippen LogP contribution in [0.1, 0.15) is 31.0 Å². The maximum atomic E-state index is 10.1. The lowest BCUT2D eigenvalue weighted by Crippen LogP contribution is -2.60. The van der Waals surface area contributed by atoms with Crippen LogP contribution in [0, 0.1) is 11.3 Å². The van der Waals surface area contributed by atoms with Gasteiger partial charge in [-0.15, -0.1) is 0 Å². The molecule has 0 radical (unpaired) electrons. The van der Waals surface area contributed by atoms with Gasteiger partial charge in [0.1, 0.15) is 11.8 Å². The molecule has 0 amide bonds. The van der Waals surface area contributed by atoms with Crippen LogP contribution in [0.25, 0.3) is 0 Å². The fraction of sp³-hybridized carbons (Fsp3) is 0.538. The van der Waals surface area contributed by atoms with Gasteiger partial charge in [0.2, 0.25) is 0 Å². The first-order chi connectivity index (χ1) is 8.15. The summed E-state index contributed by atoms with van der Waals surface area (Å²) < 4.78 is 0. The Balaban J connectivity index is 1.90. The van der Waals surface area contributed by atoms with Crippen LogP contribution in [0.4, 0.5) is 0 Å². The molecular formula is C13H17N3O. The van der Waals surface area contributed by atoms with Gasteiger partial charge in [0, 0.05) is 25.8 Å². The van der Waals surface area contributed by atoms with Crippen molar-refractivity contribution in [3.8, 4) is 6.07 Å². The quantitative estimate of drug-likeness (QED) is 0.848. The monoisotopic (exact) mass is 231 g/mol. The second kappa shape index (κ2) is 4.82. The normalized spacial score (nSPS) is 18.4. The minimum atomic E-state index is -0.486. The first-order valence-corrected chi connectivity index (χ1v) is 5.95. The van der Waals surface area contributed by atoms with Crippen LogP contribution in [0.15, 0.2) is 18.3 Å². The maximum Gasteiger partial charge on any atom is 0.140 e. The zero-order valence-electron chi connectivity index (χ0n) is 10.1. The third kappa shape index (κ3) is 2.82.